The lowest BCUT2D eigenvalue weighted by Gasteiger charge is -2.56. The van der Waals surface area contributed by atoms with Crippen molar-refractivity contribution in [3.63, 3.8) is 0 Å². The number of ether oxygens (including phenoxy) is 7. The minimum absolute atomic E-state index is 0.00785. The number of carbonyl (C=O) groups excluding carboxylic acids is 1. The second kappa shape index (κ2) is 41.2. The van der Waals surface area contributed by atoms with Gasteiger partial charge in [-0.1, -0.05) is 297 Å². The summed E-state index contributed by atoms with van der Waals surface area (Å²) >= 11 is 0. The van der Waals surface area contributed by atoms with Gasteiger partial charge in [-0.25, -0.2) is 0 Å². The highest BCUT2D eigenvalue weighted by Crippen LogP contribution is 2.51. The number of carbonyl (C=O) groups is 1. The summed E-state index contributed by atoms with van der Waals surface area (Å²) in [5.41, 5.74) is 3.16. The number of allylic oxidation sites excluding steroid dienone is 2. The second-order valence-corrected chi connectivity index (χ2v) is 72.9. The lowest BCUT2D eigenvalue weighted by Crippen LogP contribution is -2.70. The highest BCUT2D eigenvalue weighted by Gasteiger charge is 2.61. The molecule has 5 heterocycles. The molecule has 0 amide bonds. The van der Waals surface area contributed by atoms with E-state index in [0.717, 1.165) is 48.1 Å². The predicted molar refractivity (Wildman–Crippen MR) is 531 cm³/mol. The standard InChI is InChI=1S/C105H164O14Si6/c1-33-34-55-88-97(117-121(27,28)101(9,10)11)99(119-123(31,32)103(15,16)17)98(118-122(29,30)102(12,13)14)96(114-88)89(115-120(25,26)100(6,7)8)64-59-78(106)58-62-80-69-74(3)86(110-80)65-63-81-68-73(2)75(4)90(111-81)70-92-94(108-72-77-56-60-79(107-24)61-57-77)76(5)95-93(112-92)71-91(116-125(105(21,22)23,84-51-43-37-44-52-84)85-53-45-38-46-54-85)87(113-95)66-67-109-124(104(18,19)20,82-47-39-35-40-48-82)83-49-41-36-42-50-83/h33,35-54,56-57,59-61,64,73,76,80-81,86-99H,1,3-4,34,55,58,62-63,65-72H2,2,5-32H3/t73-,76-,80+,81+,86+,87-,88+,89+,90-,91-,92+,93+,94-,95+,96+,97+,98-,99+/m1/s1. The van der Waals surface area contributed by atoms with Crippen LogP contribution in [-0.2, 0) is 66.4 Å². The minimum atomic E-state index is -3.18. The van der Waals surface area contributed by atoms with E-state index in [-0.39, 0.29) is 109 Å². The Morgan fingerprint density at radius 2 is 0.976 bits per heavy atom. The summed E-state index contributed by atoms with van der Waals surface area (Å²) in [6, 6.07) is 52.0. The Morgan fingerprint density at radius 3 is 1.46 bits per heavy atom. The van der Waals surface area contributed by atoms with Gasteiger partial charge >= 0.3 is 0 Å². The third-order valence-corrected chi connectivity index (χ3v) is 58.1. The van der Waals surface area contributed by atoms with Crippen molar-refractivity contribution in [1.82, 2.24) is 0 Å². The Hall–Kier alpha value is -4.65. The quantitative estimate of drug-likeness (QED) is 0.0214. The Balaban J connectivity index is 0.893. The summed E-state index contributed by atoms with van der Waals surface area (Å²) in [6.45, 7) is 79.2. The first-order valence-electron chi connectivity index (χ1n) is 47.1. The van der Waals surface area contributed by atoms with Gasteiger partial charge in [0.1, 0.15) is 24.1 Å². The highest BCUT2D eigenvalue weighted by molar-refractivity contribution is 7.00. The number of fused-ring (bicyclic) bond motifs is 1. The number of rotatable bonds is 36. The summed E-state index contributed by atoms with van der Waals surface area (Å²) in [7, 11) is -14.6. The van der Waals surface area contributed by atoms with Crippen LogP contribution in [0.3, 0.4) is 0 Å². The topological polar surface area (TPSA) is 137 Å². The van der Waals surface area contributed by atoms with E-state index < -0.39 is 86.5 Å². The first-order chi connectivity index (χ1) is 58.2. The van der Waals surface area contributed by atoms with Crippen molar-refractivity contribution in [3.8, 4) is 5.75 Å². The van der Waals surface area contributed by atoms with E-state index in [1.165, 1.54) is 20.7 Å². The van der Waals surface area contributed by atoms with E-state index >= 15 is 0 Å². The summed E-state index contributed by atoms with van der Waals surface area (Å²) in [6.07, 6.45) is 6.70. The van der Waals surface area contributed by atoms with Crippen LogP contribution < -0.4 is 25.5 Å². The number of hydrogen-bond donors (Lipinski definition) is 0. The third-order valence-electron chi connectivity index (χ3n) is 30.1. The first kappa shape index (κ1) is 102. The molecular formula is C105H164O14Si6. The molecule has 0 saturated carbocycles. The number of hydrogen-bond acceptors (Lipinski definition) is 14. The zero-order chi connectivity index (χ0) is 92.1. The van der Waals surface area contributed by atoms with Gasteiger partial charge in [-0.2, -0.15) is 0 Å². The third kappa shape index (κ3) is 24.1. The Bertz CT molecular complexity index is 4230. The molecule has 20 heteroatoms. The molecule has 0 N–H and O–H groups in total. The van der Waals surface area contributed by atoms with Crippen LogP contribution in [0.1, 0.15) is 215 Å². The molecule has 0 aliphatic carbocycles. The maximum atomic E-state index is 14.8. The predicted octanol–water partition coefficient (Wildman–Crippen LogP) is 23.5. The van der Waals surface area contributed by atoms with Crippen LogP contribution in [0.25, 0.3) is 0 Å². The number of methoxy groups -OCH3 is 1. The lowest BCUT2D eigenvalue weighted by atomic mass is 9.79. The Kier molecular flexibility index (Phi) is 33.8. The van der Waals surface area contributed by atoms with Gasteiger partial charge in [0.2, 0.25) is 0 Å². The molecular weight excluding hydrogens is 1650 g/mol. The van der Waals surface area contributed by atoms with Gasteiger partial charge in [0.25, 0.3) is 16.6 Å². The van der Waals surface area contributed by atoms with Crippen molar-refractivity contribution in [2.24, 2.45) is 11.8 Å². The summed E-state index contributed by atoms with van der Waals surface area (Å²) in [5.74, 6) is 0.867. The van der Waals surface area contributed by atoms with Crippen LogP contribution in [0.5, 0.6) is 5.75 Å². The molecule has 18 atom stereocenters. The Morgan fingerprint density at radius 1 is 0.488 bits per heavy atom. The molecule has 0 aromatic heterocycles. The molecule has 0 unspecified atom stereocenters. The molecule has 5 fully saturated rings. The van der Waals surface area contributed by atoms with Crippen molar-refractivity contribution in [2.45, 2.75) is 396 Å². The van der Waals surface area contributed by atoms with Crippen LogP contribution in [0.2, 0.25) is 82.6 Å². The average Bonchev–Trinajstić information content (AvgIpc) is 0.996. The van der Waals surface area contributed by atoms with Crippen LogP contribution in [0.15, 0.2) is 195 Å². The van der Waals surface area contributed by atoms with Crippen molar-refractivity contribution in [1.29, 1.82) is 0 Å². The van der Waals surface area contributed by atoms with E-state index in [9.17, 15) is 4.79 Å². The van der Waals surface area contributed by atoms with Gasteiger partial charge in [0.15, 0.2) is 39.1 Å². The van der Waals surface area contributed by atoms with Gasteiger partial charge in [-0.05, 0) is 196 Å². The lowest BCUT2D eigenvalue weighted by molar-refractivity contribution is -0.276. The molecule has 5 aromatic rings. The Labute approximate surface area is 763 Å². The van der Waals surface area contributed by atoms with Crippen molar-refractivity contribution < 1.29 is 64.5 Å². The van der Waals surface area contributed by atoms with Gasteiger partial charge in [-0.3, -0.25) is 4.79 Å². The van der Waals surface area contributed by atoms with Crippen LogP contribution in [0, 0.1) is 11.8 Å². The highest BCUT2D eigenvalue weighted by atomic mass is 28.4. The second-order valence-electron chi connectivity index (χ2n) is 45.3. The fraction of sp³-hybridized carbons (Fsp3) is 0.629. The molecule has 125 heavy (non-hydrogen) atoms. The van der Waals surface area contributed by atoms with E-state index in [1.807, 2.05) is 24.3 Å². The molecule has 5 aliphatic rings. The van der Waals surface area contributed by atoms with E-state index in [0.29, 0.717) is 58.2 Å². The maximum absolute atomic E-state index is 14.8. The first-order valence-corrected chi connectivity index (χ1v) is 62.6. The molecule has 0 radical (unpaired) electrons. The number of benzene rings is 5. The minimum Gasteiger partial charge on any atom is -0.497 e. The fourth-order valence-electron chi connectivity index (χ4n) is 18.5. The molecule has 5 aliphatic heterocycles. The maximum Gasteiger partial charge on any atom is 0.261 e. The van der Waals surface area contributed by atoms with Crippen molar-refractivity contribution in [2.75, 3.05) is 13.7 Å². The molecule has 692 valence electrons. The fourth-order valence-corrected chi connectivity index (χ4v) is 33.0. The van der Waals surface area contributed by atoms with Crippen LogP contribution in [0.4, 0.5) is 0 Å². The zero-order valence-corrected chi connectivity index (χ0v) is 88.5. The smallest absolute Gasteiger partial charge is 0.261 e. The molecule has 5 aromatic carbocycles. The monoisotopic (exact) mass is 1820 g/mol. The van der Waals surface area contributed by atoms with E-state index in [4.69, 9.17) is 66.3 Å². The van der Waals surface area contributed by atoms with Gasteiger partial charge in [0, 0.05) is 31.8 Å². The van der Waals surface area contributed by atoms with E-state index in [1.54, 1.807) is 13.2 Å². The summed E-state index contributed by atoms with van der Waals surface area (Å²) in [4.78, 5) is 14.8. The summed E-state index contributed by atoms with van der Waals surface area (Å²) in [5, 5.41) is 3.85. The molecule has 5 saturated heterocycles. The van der Waals surface area contributed by atoms with Gasteiger partial charge in [-0.15, -0.1) is 6.58 Å². The largest absolute Gasteiger partial charge is 0.497 e. The van der Waals surface area contributed by atoms with Gasteiger partial charge < -0.3 is 59.7 Å². The van der Waals surface area contributed by atoms with Crippen molar-refractivity contribution >= 4 is 76.4 Å². The van der Waals surface area contributed by atoms with Crippen molar-refractivity contribution in [3.05, 3.63) is 200 Å². The van der Waals surface area contributed by atoms with Crippen LogP contribution >= 0.6 is 0 Å². The van der Waals surface area contributed by atoms with Crippen LogP contribution in [-0.4, -0.2) is 167 Å². The zero-order valence-electron chi connectivity index (χ0n) is 82.5. The summed E-state index contributed by atoms with van der Waals surface area (Å²) < 4.78 is 97.7. The molecule has 0 bridgehead atoms. The van der Waals surface area contributed by atoms with E-state index in [2.05, 4.69) is 337 Å². The normalized spacial score (nSPS) is 27.2. The molecule has 10 rings (SSSR count). The average molecular weight is 1820 g/mol. The molecule has 14 nitrogen and oxygen atoms in total. The molecule has 0 spiro atoms. The SMILES string of the molecule is C=CCC[C@@H]1O[C@@H]([C@H](C=CC(=O)CC[C@H]2CC(=C)[C@H](CC[C@H]3C[C@@H](C)C(=C)[C@@H](C[C@@H]4O[C@H]5C[C@@H](O[Si](c6ccccc6)(c6ccccc6)C(C)(C)C)[C@@H](CCO[Si](c6ccccc6)(c6ccccc6)C(C)(C)C)O[C@H]5[C@H](C)[C@H]4OCc4ccc(OC)cc4)O3)O2)O[Si](C)(C)C(C)(C)C)[C@@H](O[Si](C)(C)C(C)(C)C)[C@@H](O[Si](C)(C)C(C)(C)C)[C@H]1O[Si](C)(C)C(C)(C)C. The number of ketones is 1. The van der Waals surface area contributed by atoms with Gasteiger partial charge in [0.05, 0.1) is 93.1 Å².